The molecule has 0 aliphatic heterocycles. The van der Waals surface area contributed by atoms with Crippen molar-refractivity contribution in [2.24, 2.45) is 5.92 Å². The number of hydrogen-bond acceptors (Lipinski definition) is 1. The Labute approximate surface area is 227 Å². The van der Waals surface area contributed by atoms with Crippen LogP contribution in [-0.2, 0) is 0 Å². The van der Waals surface area contributed by atoms with E-state index in [0.717, 1.165) is 44.9 Å². The summed E-state index contributed by atoms with van der Waals surface area (Å²) in [6.45, 7) is 4.67. The van der Waals surface area contributed by atoms with Gasteiger partial charge < -0.3 is 4.74 Å². The summed E-state index contributed by atoms with van der Waals surface area (Å²) in [5.74, 6) is -3.98. The van der Waals surface area contributed by atoms with E-state index in [1.807, 2.05) is 0 Å². The van der Waals surface area contributed by atoms with E-state index < -0.39 is 23.3 Å². The summed E-state index contributed by atoms with van der Waals surface area (Å²) in [4.78, 5) is 0. The second-order valence-electron chi connectivity index (χ2n) is 11.1. The highest BCUT2D eigenvalue weighted by atomic mass is 19.2. The number of ether oxygens (including phenoxy) is 1. The molecule has 1 aliphatic carbocycles. The fourth-order valence-electron chi connectivity index (χ4n) is 5.80. The molecule has 2 aromatic rings. The number of hydrogen-bond donors (Lipinski definition) is 0. The zero-order valence-corrected chi connectivity index (χ0v) is 23.4. The van der Waals surface area contributed by atoms with Crippen molar-refractivity contribution in [3.63, 3.8) is 0 Å². The first-order chi connectivity index (χ1) is 18.5. The Hall–Kier alpha value is -2.04. The SMILES string of the molecule is CCCCCCCCCOc1ccc(-c2ccc(C3CCC(CCCCCC)CC3)c(F)c2F)c(F)c1F. The van der Waals surface area contributed by atoms with E-state index >= 15 is 8.78 Å². The molecule has 0 N–H and O–H groups in total. The molecule has 2 aromatic carbocycles. The average Bonchev–Trinajstić information content (AvgIpc) is 2.93. The Kier molecular flexibility index (Phi) is 13.0. The van der Waals surface area contributed by atoms with E-state index in [1.54, 1.807) is 6.07 Å². The summed E-state index contributed by atoms with van der Waals surface area (Å²) < 4.78 is 65.4. The van der Waals surface area contributed by atoms with Gasteiger partial charge in [-0.15, -0.1) is 0 Å². The molecule has 0 atom stereocenters. The van der Waals surface area contributed by atoms with Gasteiger partial charge in [0.05, 0.1) is 6.61 Å². The number of unbranched alkanes of at least 4 members (excludes halogenated alkanes) is 9. The first kappa shape index (κ1) is 30.5. The van der Waals surface area contributed by atoms with Gasteiger partial charge in [-0.3, -0.25) is 0 Å². The molecule has 0 heterocycles. The molecular weight excluding hydrogens is 488 g/mol. The van der Waals surface area contributed by atoms with Crippen LogP contribution in [0.25, 0.3) is 11.1 Å². The van der Waals surface area contributed by atoms with Gasteiger partial charge >= 0.3 is 0 Å². The molecule has 5 heteroatoms. The molecule has 3 rings (SSSR count). The van der Waals surface area contributed by atoms with Crippen molar-refractivity contribution in [2.75, 3.05) is 6.61 Å². The van der Waals surface area contributed by atoms with Gasteiger partial charge in [0.2, 0.25) is 5.82 Å². The molecule has 1 aliphatic rings. The van der Waals surface area contributed by atoms with Crippen LogP contribution in [0.2, 0.25) is 0 Å². The Morgan fingerprint density at radius 1 is 0.605 bits per heavy atom. The zero-order valence-electron chi connectivity index (χ0n) is 23.4. The predicted octanol–water partition coefficient (Wildman–Crippen LogP) is 11.3. The zero-order chi connectivity index (χ0) is 27.3. The van der Waals surface area contributed by atoms with Gasteiger partial charge in [0, 0.05) is 11.1 Å². The minimum atomic E-state index is -1.21. The molecule has 0 spiro atoms. The van der Waals surface area contributed by atoms with Crippen molar-refractivity contribution in [1.29, 1.82) is 0 Å². The average molecular weight is 535 g/mol. The van der Waals surface area contributed by atoms with Crippen LogP contribution >= 0.6 is 0 Å². The third-order valence-electron chi connectivity index (χ3n) is 8.21. The molecule has 212 valence electrons. The third-order valence-corrected chi connectivity index (χ3v) is 8.21. The van der Waals surface area contributed by atoms with E-state index in [4.69, 9.17) is 4.74 Å². The lowest BCUT2D eigenvalue weighted by atomic mass is 9.76. The van der Waals surface area contributed by atoms with Crippen molar-refractivity contribution in [1.82, 2.24) is 0 Å². The van der Waals surface area contributed by atoms with Crippen molar-refractivity contribution < 1.29 is 22.3 Å². The molecule has 38 heavy (non-hydrogen) atoms. The van der Waals surface area contributed by atoms with Crippen molar-refractivity contribution >= 4 is 0 Å². The van der Waals surface area contributed by atoms with Crippen molar-refractivity contribution in [3.05, 3.63) is 53.1 Å². The van der Waals surface area contributed by atoms with Crippen LogP contribution in [0.3, 0.4) is 0 Å². The standard InChI is InChI=1S/C33H46F4O/c1-3-5-7-9-10-11-13-23-38-29-22-21-28(32(36)33(29)37)27-20-19-26(30(34)31(27)35)25-17-15-24(16-18-25)14-12-8-6-4-2/h19-22,24-25H,3-18,23H2,1-2H3. The molecule has 0 bridgehead atoms. The summed E-state index contributed by atoms with van der Waals surface area (Å²) >= 11 is 0. The quantitative estimate of drug-likeness (QED) is 0.154. The van der Waals surface area contributed by atoms with Crippen LogP contribution in [0.15, 0.2) is 24.3 Å². The van der Waals surface area contributed by atoms with E-state index in [0.29, 0.717) is 18.1 Å². The normalized spacial score (nSPS) is 17.6. The minimum absolute atomic E-state index is 0.0329. The summed E-state index contributed by atoms with van der Waals surface area (Å²) in [6.07, 6.45) is 17.6. The van der Waals surface area contributed by atoms with E-state index in [1.165, 1.54) is 76.0 Å². The van der Waals surface area contributed by atoms with Crippen LogP contribution in [0.5, 0.6) is 5.75 Å². The number of benzene rings is 2. The van der Waals surface area contributed by atoms with Crippen LogP contribution in [0, 0.1) is 29.2 Å². The number of halogens is 4. The smallest absolute Gasteiger partial charge is 0.201 e. The monoisotopic (exact) mass is 534 g/mol. The van der Waals surface area contributed by atoms with Crippen molar-refractivity contribution in [2.45, 2.75) is 122 Å². The lowest BCUT2D eigenvalue weighted by molar-refractivity contribution is 0.285. The van der Waals surface area contributed by atoms with Gasteiger partial charge in [0.1, 0.15) is 0 Å². The van der Waals surface area contributed by atoms with Gasteiger partial charge in [-0.2, -0.15) is 4.39 Å². The van der Waals surface area contributed by atoms with Gasteiger partial charge in [0.15, 0.2) is 23.2 Å². The van der Waals surface area contributed by atoms with Crippen LogP contribution in [0.4, 0.5) is 17.6 Å². The summed E-state index contributed by atoms with van der Waals surface area (Å²) in [5, 5.41) is 0. The Balaban J connectivity index is 1.58. The molecule has 0 aromatic heterocycles. The van der Waals surface area contributed by atoms with Gasteiger partial charge in [-0.25, -0.2) is 13.2 Å². The topological polar surface area (TPSA) is 9.23 Å². The minimum Gasteiger partial charge on any atom is -0.490 e. The maximum Gasteiger partial charge on any atom is 0.201 e. The van der Waals surface area contributed by atoms with E-state index in [2.05, 4.69) is 13.8 Å². The highest BCUT2D eigenvalue weighted by Crippen LogP contribution is 2.41. The van der Waals surface area contributed by atoms with Gasteiger partial charge in [0.25, 0.3) is 0 Å². The Bertz CT molecular complexity index is 981. The molecule has 1 fully saturated rings. The fraction of sp³-hybridized carbons (Fsp3) is 0.636. The van der Waals surface area contributed by atoms with Gasteiger partial charge in [-0.05, 0) is 61.6 Å². The molecule has 0 radical (unpaired) electrons. The maximum atomic E-state index is 15.1. The summed E-state index contributed by atoms with van der Waals surface area (Å²) in [5.41, 5.74) is -0.193. The van der Waals surface area contributed by atoms with Crippen LogP contribution in [0.1, 0.15) is 128 Å². The molecule has 0 unspecified atom stereocenters. The fourth-order valence-corrected chi connectivity index (χ4v) is 5.80. The summed E-state index contributed by atoms with van der Waals surface area (Å²) in [7, 11) is 0. The van der Waals surface area contributed by atoms with E-state index in [-0.39, 0.29) is 22.8 Å². The molecule has 0 amide bonds. The van der Waals surface area contributed by atoms with E-state index in [9.17, 15) is 8.78 Å². The number of rotatable bonds is 16. The largest absolute Gasteiger partial charge is 0.490 e. The lowest BCUT2D eigenvalue weighted by Crippen LogP contribution is -2.15. The first-order valence-electron chi connectivity index (χ1n) is 15.1. The molecule has 1 saturated carbocycles. The highest BCUT2D eigenvalue weighted by Gasteiger charge is 2.27. The second kappa shape index (κ2) is 16.2. The maximum absolute atomic E-state index is 15.1. The first-order valence-corrected chi connectivity index (χ1v) is 15.1. The van der Waals surface area contributed by atoms with Gasteiger partial charge in [-0.1, -0.05) is 96.6 Å². The van der Waals surface area contributed by atoms with Crippen LogP contribution < -0.4 is 4.74 Å². The molecule has 1 nitrogen and oxygen atoms in total. The summed E-state index contributed by atoms with van der Waals surface area (Å²) in [6, 6.07) is 5.53. The lowest BCUT2D eigenvalue weighted by Gasteiger charge is -2.29. The third kappa shape index (κ3) is 8.48. The Morgan fingerprint density at radius 3 is 1.82 bits per heavy atom. The highest BCUT2D eigenvalue weighted by molar-refractivity contribution is 5.66. The molecule has 0 saturated heterocycles. The second-order valence-corrected chi connectivity index (χ2v) is 11.1. The molecular formula is C33H46F4O. The van der Waals surface area contributed by atoms with Crippen LogP contribution in [-0.4, -0.2) is 6.61 Å². The Morgan fingerprint density at radius 2 is 1.16 bits per heavy atom. The predicted molar refractivity (Wildman–Crippen MR) is 149 cm³/mol. The van der Waals surface area contributed by atoms with Crippen molar-refractivity contribution in [3.8, 4) is 16.9 Å².